The van der Waals surface area contributed by atoms with Crippen molar-refractivity contribution in [3.63, 3.8) is 0 Å². The second-order valence-corrected chi connectivity index (χ2v) is 3.68. The monoisotopic (exact) mass is 200 g/mol. The Kier molecular flexibility index (Phi) is 2.48. The molecule has 2 nitrogen and oxygen atoms in total. The maximum Gasteiger partial charge on any atom is 0.128 e. The molecule has 0 fully saturated rings. The largest absolute Gasteiger partial charge is 0.354 e. The molecule has 0 atom stereocenters. The van der Waals surface area contributed by atoms with Gasteiger partial charge >= 0.3 is 0 Å². The standard InChI is InChI=1S/C11H8N2S/c12-8-11-10(6-7-14-11)13-9-4-2-1-3-5-9/h1-7,13H. The molecule has 2 aromatic rings. The third-order valence-electron chi connectivity index (χ3n) is 1.82. The molecular formula is C11H8N2S. The summed E-state index contributed by atoms with van der Waals surface area (Å²) in [4.78, 5) is 0.717. The number of anilines is 2. The van der Waals surface area contributed by atoms with Crippen molar-refractivity contribution in [2.75, 3.05) is 5.32 Å². The summed E-state index contributed by atoms with van der Waals surface area (Å²) in [5, 5.41) is 13.9. The molecule has 0 bridgehead atoms. The smallest absolute Gasteiger partial charge is 0.128 e. The van der Waals surface area contributed by atoms with E-state index in [9.17, 15) is 0 Å². The molecule has 0 spiro atoms. The molecule has 68 valence electrons. The fourth-order valence-electron chi connectivity index (χ4n) is 1.17. The topological polar surface area (TPSA) is 35.8 Å². The predicted molar refractivity (Wildman–Crippen MR) is 58.8 cm³/mol. The first kappa shape index (κ1) is 8.79. The van der Waals surface area contributed by atoms with Crippen molar-refractivity contribution in [2.45, 2.75) is 0 Å². The summed E-state index contributed by atoms with van der Waals surface area (Å²) in [7, 11) is 0. The van der Waals surface area contributed by atoms with E-state index in [1.165, 1.54) is 11.3 Å². The molecule has 0 radical (unpaired) electrons. The maximum atomic E-state index is 8.81. The van der Waals surface area contributed by atoms with Crippen molar-refractivity contribution in [1.29, 1.82) is 5.26 Å². The fourth-order valence-corrected chi connectivity index (χ4v) is 1.81. The number of nitrogens with zero attached hydrogens (tertiary/aromatic N) is 1. The van der Waals surface area contributed by atoms with Gasteiger partial charge < -0.3 is 5.32 Å². The highest BCUT2D eigenvalue weighted by Crippen LogP contribution is 2.24. The van der Waals surface area contributed by atoms with E-state index in [4.69, 9.17) is 5.26 Å². The minimum Gasteiger partial charge on any atom is -0.354 e. The lowest BCUT2D eigenvalue weighted by Crippen LogP contribution is -1.88. The third-order valence-corrected chi connectivity index (χ3v) is 2.64. The second kappa shape index (κ2) is 3.95. The van der Waals surface area contributed by atoms with Gasteiger partial charge in [0.15, 0.2) is 0 Å². The Labute approximate surface area is 86.4 Å². The quantitative estimate of drug-likeness (QED) is 0.806. The minimum absolute atomic E-state index is 0.717. The van der Waals surface area contributed by atoms with Gasteiger partial charge in [-0.1, -0.05) is 18.2 Å². The van der Waals surface area contributed by atoms with E-state index in [-0.39, 0.29) is 0 Å². The molecular weight excluding hydrogens is 192 g/mol. The lowest BCUT2D eigenvalue weighted by atomic mass is 10.3. The van der Waals surface area contributed by atoms with Crippen LogP contribution in [0.25, 0.3) is 0 Å². The molecule has 0 aliphatic heterocycles. The summed E-state index contributed by atoms with van der Waals surface area (Å²) < 4.78 is 0. The van der Waals surface area contributed by atoms with Gasteiger partial charge in [-0.15, -0.1) is 11.3 Å². The lowest BCUT2D eigenvalue weighted by molar-refractivity contribution is 1.51. The van der Waals surface area contributed by atoms with Gasteiger partial charge in [0.1, 0.15) is 10.9 Å². The SMILES string of the molecule is N#Cc1sccc1Nc1ccccc1. The lowest BCUT2D eigenvalue weighted by Gasteiger charge is -2.03. The average Bonchev–Trinajstić information content (AvgIpc) is 2.67. The number of rotatable bonds is 2. The summed E-state index contributed by atoms with van der Waals surface area (Å²) in [5.41, 5.74) is 1.88. The van der Waals surface area contributed by atoms with Gasteiger partial charge in [0.2, 0.25) is 0 Å². The molecule has 1 N–H and O–H groups in total. The maximum absolute atomic E-state index is 8.81. The summed E-state index contributed by atoms with van der Waals surface area (Å²) in [6.07, 6.45) is 0. The van der Waals surface area contributed by atoms with Gasteiger partial charge in [-0.3, -0.25) is 0 Å². The van der Waals surface area contributed by atoms with Crippen LogP contribution in [0.1, 0.15) is 4.88 Å². The number of nitriles is 1. The van der Waals surface area contributed by atoms with Crippen molar-refractivity contribution in [3.8, 4) is 6.07 Å². The molecule has 14 heavy (non-hydrogen) atoms. The van der Waals surface area contributed by atoms with Crippen LogP contribution in [-0.4, -0.2) is 0 Å². The summed E-state index contributed by atoms with van der Waals surface area (Å²) in [5.74, 6) is 0. The van der Waals surface area contributed by atoms with Crippen LogP contribution >= 0.6 is 11.3 Å². The van der Waals surface area contributed by atoms with Crippen LogP contribution in [0.5, 0.6) is 0 Å². The van der Waals surface area contributed by atoms with E-state index >= 15 is 0 Å². The first-order valence-electron chi connectivity index (χ1n) is 4.20. The molecule has 0 unspecified atom stereocenters. The number of thiophene rings is 1. The molecule has 1 heterocycles. The Balaban J connectivity index is 2.24. The summed E-state index contributed by atoms with van der Waals surface area (Å²) >= 11 is 1.45. The van der Waals surface area contributed by atoms with Gasteiger partial charge in [-0.25, -0.2) is 0 Å². The van der Waals surface area contributed by atoms with Crippen LogP contribution in [0.15, 0.2) is 41.8 Å². The minimum atomic E-state index is 0.717. The van der Waals surface area contributed by atoms with E-state index in [1.807, 2.05) is 41.8 Å². The van der Waals surface area contributed by atoms with E-state index in [1.54, 1.807) is 0 Å². The normalized spacial score (nSPS) is 9.36. The molecule has 0 aliphatic rings. The van der Waals surface area contributed by atoms with Crippen LogP contribution in [0.3, 0.4) is 0 Å². The first-order valence-corrected chi connectivity index (χ1v) is 5.08. The highest BCUT2D eigenvalue weighted by Gasteiger charge is 2.02. The van der Waals surface area contributed by atoms with Crippen molar-refractivity contribution in [1.82, 2.24) is 0 Å². The Hall–Kier alpha value is -1.79. The van der Waals surface area contributed by atoms with E-state index in [0.717, 1.165) is 11.4 Å². The summed E-state index contributed by atoms with van der Waals surface area (Å²) in [6.45, 7) is 0. The van der Waals surface area contributed by atoms with Crippen molar-refractivity contribution in [2.24, 2.45) is 0 Å². The van der Waals surface area contributed by atoms with Crippen LogP contribution in [0.2, 0.25) is 0 Å². The molecule has 0 saturated heterocycles. The van der Waals surface area contributed by atoms with Gasteiger partial charge in [-0.2, -0.15) is 5.26 Å². The third kappa shape index (κ3) is 1.76. The number of hydrogen-bond donors (Lipinski definition) is 1. The Morgan fingerprint density at radius 3 is 2.64 bits per heavy atom. The van der Waals surface area contributed by atoms with Crippen LogP contribution in [0, 0.1) is 11.3 Å². The van der Waals surface area contributed by atoms with E-state index in [0.29, 0.717) is 4.88 Å². The van der Waals surface area contributed by atoms with Gasteiger partial charge in [-0.05, 0) is 23.6 Å². The van der Waals surface area contributed by atoms with Crippen LogP contribution < -0.4 is 5.32 Å². The van der Waals surface area contributed by atoms with Gasteiger partial charge in [0, 0.05) is 5.69 Å². The van der Waals surface area contributed by atoms with Crippen LogP contribution in [-0.2, 0) is 0 Å². The molecule has 1 aromatic heterocycles. The zero-order valence-corrected chi connectivity index (χ0v) is 8.21. The molecule has 3 heteroatoms. The van der Waals surface area contributed by atoms with Crippen molar-refractivity contribution < 1.29 is 0 Å². The highest BCUT2D eigenvalue weighted by molar-refractivity contribution is 7.11. The highest BCUT2D eigenvalue weighted by atomic mass is 32.1. The zero-order chi connectivity index (χ0) is 9.80. The number of benzene rings is 1. The zero-order valence-electron chi connectivity index (χ0n) is 7.40. The van der Waals surface area contributed by atoms with Gasteiger partial charge in [0.25, 0.3) is 0 Å². The summed E-state index contributed by atoms with van der Waals surface area (Å²) in [6, 6.07) is 13.9. The molecule has 0 aliphatic carbocycles. The van der Waals surface area contributed by atoms with E-state index < -0.39 is 0 Å². The fraction of sp³-hybridized carbons (Fsp3) is 0. The Morgan fingerprint density at radius 2 is 1.93 bits per heavy atom. The number of para-hydroxylation sites is 1. The molecule has 0 amide bonds. The first-order chi connectivity index (χ1) is 6.90. The molecule has 2 rings (SSSR count). The Morgan fingerprint density at radius 1 is 1.14 bits per heavy atom. The van der Waals surface area contributed by atoms with Crippen LogP contribution in [0.4, 0.5) is 11.4 Å². The van der Waals surface area contributed by atoms with Crippen molar-refractivity contribution >= 4 is 22.7 Å². The molecule has 0 saturated carbocycles. The second-order valence-electron chi connectivity index (χ2n) is 2.77. The Bertz CT molecular complexity index is 454. The van der Waals surface area contributed by atoms with Crippen molar-refractivity contribution in [3.05, 3.63) is 46.7 Å². The number of hydrogen-bond acceptors (Lipinski definition) is 3. The predicted octanol–water partition coefficient (Wildman–Crippen LogP) is 3.36. The molecule has 1 aromatic carbocycles. The average molecular weight is 200 g/mol. The van der Waals surface area contributed by atoms with E-state index in [2.05, 4.69) is 11.4 Å². The number of nitrogens with one attached hydrogen (secondary N) is 1. The van der Waals surface area contributed by atoms with Gasteiger partial charge in [0.05, 0.1) is 5.69 Å².